The van der Waals surface area contributed by atoms with Gasteiger partial charge in [0.15, 0.2) is 11.3 Å². The largest absolute Gasteiger partial charge is 0.351 e. The van der Waals surface area contributed by atoms with Gasteiger partial charge in [0.1, 0.15) is 5.02 Å². The van der Waals surface area contributed by atoms with Crippen LogP contribution in [0.4, 0.5) is 0 Å². The van der Waals surface area contributed by atoms with Crippen LogP contribution in [0.3, 0.4) is 0 Å². The van der Waals surface area contributed by atoms with Gasteiger partial charge in [0, 0.05) is 37.6 Å². The van der Waals surface area contributed by atoms with Crippen LogP contribution in [0, 0.1) is 13.8 Å². The second kappa shape index (κ2) is 7.29. The van der Waals surface area contributed by atoms with Gasteiger partial charge >= 0.3 is 0 Å². The normalized spacial score (nSPS) is 13.9. The molecule has 7 heteroatoms. The highest BCUT2D eigenvalue weighted by molar-refractivity contribution is 6.36. The fourth-order valence-corrected chi connectivity index (χ4v) is 3.84. The molecule has 1 aliphatic heterocycles. The Morgan fingerprint density at radius 2 is 1.93 bits per heavy atom. The van der Waals surface area contributed by atoms with Gasteiger partial charge in [-0.15, -0.1) is 0 Å². The molecule has 1 aromatic carbocycles. The van der Waals surface area contributed by atoms with Crippen LogP contribution in [-0.2, 0) is 13.1 Å². The number of halogens is 1. The van der Waals surface area contributed by atoms with Gasteiger partial charge in [-0.25, -0.2) is 9.50 Å². The number of hydrogen-bond donors (Lipinski definition) is 1. The van der Waals surface area contributed by atoms with Gasteiger partial charge < -0.3 is 5.32 Å². The van der Waals surface area contributed by atoms with E-state index in [1.54, 1.807) is 4.52 Å². The van der Waals surface area contributed by atoms with Crippen molar-refractivity contribution in [3.05, 3.63) is 63.6 Å². The maximum Gasteiger partial charge on any atom is 0.273 e. The lowest BCUT2D eigenvalue weighted by Gasteiger charge is -2.14. The standard InChI is InChI=1S/C20H22ClN5O/c1-13-10-14(2)26-19(23-13)17(21)18(24-26)20(27)22-8-5-9-25-11-15-6-3-4-7-16(15)12-25/h3-4,6-7,10H,5,8-9,11-12H2,1-2H3,(H,22,27). The Morgan fingerprint density at radius 1 is 1.22 bits per heavy atom. The molecule has 0 spiro atoms. The first-order valence-corrected chi connectivity index (χ1v) is 9.50. The Balaban J connectivity index is 1.33. The Hall–Kier alpha value is -2.44. The minimum atomic E-state index is -0.257. The van der Waals surface area contributed by atoms with E-state index in [4.69, 9.17) is 11.6 Å². The van der Waals surface area contributed by atoms with E-state index >= 15 is 0 Å². The lowest BCUT2D eigenvalue weighted by molar-refractivity contribution is 0.0946. The SMILES string of the molecule is Cc1cc(C)n2nc(C(=O)NCCCN3Cc4ccccc4C3)c(Cl)c2n1. The predicted molar refractivity (Wildman–Crippen MR) is 105 cm³/mol. The van der Waals surface area contributed by atoms with Crippen molar-refractivity contribution in [1.29, 1.82) is 0 Å². The summed E-state index contributed by atoms with van der Waals surface area (Å²) in [7, 11) is 0. The summed E-state index contributed by atoms with van der Waals surface area (Å²) in [6.07, 6.45) is 0.876. The molecule has 0 saturated carbocycles. The highest BCUT2D eigenvalue weighted by Crippen LogP contribution is 2.23. The molecule has 2 aromatic heterocycles. The van der Waals surface area contributed by atoms with E-state index in [9.17, 15) is 4.79 Å². The molecule has 1 aliphatic rings. The summed E-state index contributed by atoms with van der Waals surface area (Å²) < 4.78 is 1.62. The summed E-state index contributed by atoms with van der Waals surface area (Å²) in [5, 5.41) is 7.56. The number of hydrogen-bond acceptors (Lipinski definition) is 4. The van der Waals surface area contributed by atoms with Crippen LogP contribution in [0.5, 0.6) is 0 Å². The van der Waals surface area contributed by atoms with Gasteiger partial charge in [0.2, 0.25) is 0 Å². The summed E-state index contributed by atoms with van der Waals surface area (Å²) in [5.41, 5.74) is 5.29. The topological polar surface area (TPSA) is 62.5 Å². The van der Waals surface area contributed by atoms with Crippen molar-refractivity contribution in [3.8, 4) is 0 Å². The van der Waals surface area contributed by atoms with Crippen molar-refractivity contribution in [3.63, 3.8) is 0 Å². The maximum atomic E-state index is 12.5. The van der Waals surface area contributed by atoms with Crippen molar-refractivity contribution in [2.75, 3.05) is 13.1 Å². The number of aryl methyl sites for hydroxylation is 2. The molecule has 140 valence electrons. The lowest BCUT2D eigenvalue weighted by atomic mass is 10.1. The molecule has 3 heterocycles. The number of benzene rings is 1. The summed E-state index contributed by atoms with van der Waals surface area (Å²) in [5.74, 6) is -0.257. The van der Waals surface area contributed by atoms with Crippen LogP contribution in [0.25, 0.3) is 5.65 Å². The zero-order valence-electron chi connectivity index (χ0n) is 15.5. The highest BCUT2D eigenvalue weighted by atomic mass is 35.5. The van der Waals surface area contributed by atoms with Crippen LogP contribution in [0.2, 0.25) is 5.02 Å². The fourth-order valence-electron chi connectivity index (χ4n) is 3.59. The molecule has 4 rings (SSSR count). The first-order valence-electron chi connectivity index (χ1n) is 9.13. The van der Waals surface area contributed by atoms with E-state index in [-0.39, 0.29) is 11.6 Å². The highest BCUT2D eigenvalue weighted by Gasteiger charge is 2.20. The van der Waals surface area contributed by atoms with Gasteiger partial charge in [-0.3, -0.25) is 9.69 Å². The van der Waals surface area contributed by atoms with Gasteiger partial charge in [0.05, 0.1) is 0 Å². The number of fused-ring (bicyclic) bond motifs is 2. The molecular formula is C20H22ClN5O. The molecule has 27 heavy (non-hydrogen) atoms. The second-order valence-corrected chi connectivity index (χ2v) is 7.40. The van der Waals surface area contributed by atoms with Gasteiger partial charge in [-0.2, -0.15) is 5.10 Å². The van der Waals surface area contributed by atoms with Gasteiger partial charge in [0.25, 0.3) is 5.91 Å². The van der Waals surface area contributed by atoms with E-state index in [0.29, 0.717) is 17.2 Å². The molecule has 0 bridgehead atoms. The second-order valence-electron chi connectivity index (χ2n) is 7.03. The van der Waals surface area contributed by atoms with E-state index in [0.717, 1.165) is 37.4 Å². The first kappa shape index (κ1) is 17.9. The lowest BCUT2D eigenvalue weighted by Crippen LogP contribution is -2.28. The van der Waals surface area contributed by atoms with Crippen LogP contribution in [0.15, 0.2) is 30.3 Å². The Labute approximate surface area is 163 Å². The Morgan fingerprint density at radius 3 is 2.63 bits per heavy atom. The van der Waals surface area contributed by atoms with Crippen molar-refractivity contribution in [2.45, 2.75) is 33.4 Å². The third-order valence-corrected chi connectivity index (χ3v) is 5.25. The third-order valence-electron chi connectivity index (χ3n) is 4.90. The van der Waals surface area contributed by atoms with E-state index in [2.05, 4.69) is 44.6 Å². The number of nitrogens with one attached hydrogen (secondary N) is 1. The number of amides is 1. The maximum absolute atomic E-state index is 12.5. The van der Waals surface area contributed by atoms with Crippen LogP contribution < -0.4 is 5.32 Å². The minimum absolute atomic E-state index is 0.228. The third kappa shape index (κ3) is 3.55. The van der Waals surface area contributed by atoms with Crippen molar-refractivity contribution in [1.82, 2.24) is 24.8 Å². The minimum Gasteiger partial charge on any atom is -0.351 e. The summed E-state index contributed by atoms with van der Waals surface area (Å²) in [6, 6.07) is 10.4. The average Bonchev–Trinajstić information content (AvgIpc) is 3.20. The van der Waals surface area contributed by atoms with Crippen molar-refractivity contribution < 1.29 is 4.79 Å². The van der Waals surface area contributed by atoms with E-state index in [1.807, 2.05) is 19.9 Å². The molecule has 0 unspecified atom stereocenters. The molecule has 1 amide bonds. The molecule has 0 saturated heterocycles. The fraction of sp³-hybridized carbons (Fsp3) is 0.350. The Kier molecular flexibility index (Phi) is 4.85. The van der Waals surface area contributed by atoms with E-state index < -0.39 is 0 Å². The monoisotopic (exact) mass is 383 g/mol. The molecule has 1 N–H and O–H groups in total. The summed E-state index contributed by atoms with van der Waals surface area (Å²) >= 11 is 6.35. The zero-order valence-corrected chi connectivity index (χ0v) is 16.3. The van der Waals surface area contributed by atoms with Crippen molar-refractivity contribution in [2.24, 2.45) is 0 Å². The van der Waals surface area contributed by atoms with Crippen LogP contribution in [0.1, 0.15) is 39.4 Å². The van der Waals surface area contributed by atoms with Gasteiger partial charge in [-0.05, 0) is 37.5 Å². The number of rotatable bonds is 5. The Bertz CT molecular complexity index is 988. The predicted octanol–water partition coefficient (Wildman–Crippen LogP) is 3.14. The average molecular weight is 384 g/mol. The number of carbonyl (C=O) groups excluding carboxylic acids is 1. The number of nitrogens with zero attached hydrogens (tertiary/aromatic N) is 4. The molecule has 0 fully saturated rings. The van der Waals surface area contributed by atoms with E-state index in [1.165, 1.54) is 11.1 Å². The quantitative estimate of drug-likeness (QED) is 0.687. The summed E-state index contributed by atoms with van der Waals surface area (Å²) in [6.45, 7) is 7.29. The van der Waals surface area contributed by atoms with Crippen LogP contribution in [-0.4, -0.2) is 38.5 Å². The molecule has 0 aliphatic carbocycles. The van der Waals surface area contributed by atoms with Gasteiger partial charge in [-0.1, -0.05) is 35.9 Å². The molecule has 0 radical (unpaired) electrons. The molecule has 0 atom stereocenters. The molecular weight excluding hydrogens is 362 g/mol. The van der Waals surface area contributed by atoms with Crippen molar-refractivity contribution >= 4 is 23.2 Å². The smallest absolute Gasteiger partial charge is 0.273 e. The molecule has 3 aromatic rings. The zero-order chi connectivity index (χ0) is 19.0. The number of carbonyl (C=O) groups is 1. The summed E-state index contributed by atoms with van der Waals surface area (Å²) in [4.78, 5) is 19.3. The first-order chi connectivity index (χ1) is 13.0. The molecule has 6 nitrogen and oxygen atoms in total. The van der Waals surface area contributed by atoms with Crippen LogP contribution >= 0.6 is 11.6 Å². The number of aromatic nitrogens is 3.